The van der Waals surface area contributed by atoms with E-state index in [9.17, 15) is 33.4 Å². The molecular weight excluding hydrogens is 362 g/mol. The van der Waals surface area contributed by atoms with Gasteiger partial charge in [0, 0.05) is 11.1 Å². The molecule has 2 aromatic carbocycles. The quantitative estimate of drug-likeness (QED) is 0.468. The van der Waals surface area contributed by atoms with E-state index in [0.29, 0.717) is 0 Å². The van der Waals surface area contributed by atoms with E-state index in [0.717, 1.165) is 24.3 Å². The predicted molar refractivity (Wildman–Crippen MR) is 89.5 cm³/mol. The minimum Gasteiger partial charge on any atom is -0.394 e. The summed E-state index contributed by atoms with van der Waals surface area (Å²) in [4.78, 5) is 36.8. The van der Waals surface area contributed by atoms with Crippen molar-refractivity contribution in [2.45, 2.75) is 17.6 Å². The maximum atomic E-state index is 14.9. The van der Waals surface area contributed by atoms with Crippen molar-refractivity contribution in [2.75, 3.05) is 6.61 Å². The van der Waals surface area contributed by atoms with Gasteiger partial charge >= 0.3 is 5.92 Å². The average molecular weight is 378 g/mol. The van der Waals surface area contributed by atoms with Crippen LogP contribution >= 0.6 is 0 Å². The van der Waals surface area contributed by atoms with E-state index < -0.39 is 47.1 Å². The number of Topliss-reactive ketones (excluding diaryl/α,β-unsaturated/α-hetero) is 3. The fourth-order valence-electron chi connectivity index (χ4n) is 2.48. The largest absolute Gasteiger partial charge is 0.394 e. The zero-order valence-corrected chi connectivity index (χ0v) is 13.9. The molecule has 0 saturated heterocycles. The minimum absolute atomic E-state index is 0.379. The third kappa shape index (κ3) is 3.55. The molecule has 2 aromatic rings. The smallest absolute Gasteiger partial charge is 0.351 e. The Kier molecular flexibility index (Phi) is 5.94. The highest BCUT2D eigenvalue weighted by Gasteiger charge is 2.67. The molecule has 0 amide bonds. The summed E-state index contributed by atoms with van der Waals surface area (Å²) < 4.78 is 29.7. The van der Waals surface area contributed by atoms with E-state index in [4.69, 9.17) is 5.11 Å². The molecule has 0 aromatic heterocycles. The first-order chi connectivity index (χ1) is 12.7. The van der Waals surface area contributed by atoms with Crippen LogP contribution in [0, 0.1) is 0 Å². The van der Waals surface area contributed by atoms with Crippen molar-refractivity contribution >= 4 is 17.3 Å². The van der Waals surface area contributed by atoms with Gasteiger partial charge in [0.1, 0.15) is 6.10 Å². The van der Waals surface area contributed by atoms with E-state index in [1.54, 1.807) is 0 Å². The molecule has 2 rings (SSSR count). The van der Waals surface area contributed by atoms with Gasteiger partial charge in [-0.3, -0.25) is 14.4 Å². The summed E-state index contributed by atoms with van der Waals surface area (Å²) in [5.41, 5.74) is -4.85. The number of aliphatic hydroxyl groups excluding tert-OH is 2. The van der Waals surface area contributed by atoms with Crippen LogP contribution in [0.5, 0.6) is 0 Å². The average Bonchev–Trinajstić information content (AvgIpc) is 2.71. The number of hydrogen-bond acceptors (Lipinski definition) is 6. The van der Waals surface area contributed by atoms with E-state index in [1.165, 1.54) is 36.4 Å². The number of carbonyl (C=O) groups is 3. The van der Waals surface area contributed by atoms with Crippen LogP contribution in [0.4, 0.5) is 8.78 Å². The molecule has 142 valence electrons. The van der Waals surface area contributed by atoms with Gasteiger partial charge in [-0.25, -0.2) is 0 Å². The summed E-state index contributed by atoms with van der Waals surface area (Å²) in [7, 11) is 0. The summed E-state index contributed by atoms with van der Waals surface area (Å²) in [6, 6.07) is 12.6. The second-order valence-electron chi connectivity index (χ2n) is 5.76. The number of alkyl halides is 2. The zero-order chi connectivity index (χ0) is 20.2. The first-order valence-corrected chi connectivity index (χ1v) is 7.81. The highest BCUT2D eigenvalue weighted by molar-refractivity contribution is 6.46. The molecule has 8 heteroatoms. The Morgan fingerprint density at radius 1 is 0.889 bits per heavy atom. The van der Waals surface area contributed by atoms with E-state index in [1.807, 2.05) is 0 Å². The molecule has 3 N–H and O–H groups in total. The first-order valence-electron chi connectivity index (χ1n) is 7.81. The molecule has 6 nitrogen and oxygen atoms in total. The number of ketones is 3. The maximum absolute atomic E-state index is 14.9. The van der Waals surface area contributed by atoms with Gasteiger partial charge < -0.3 is 15.3 Å². The molecule has 0 unspecified atom stereocenters. The van der Waals surface area contributed by atoms with Gasteiger partial charge in [0.05, 0.1) is 6.61 Å². The number of carbonyl (C=O) groups excluding carboxylic acids is 3. The third-order valence-electron chi connectivity index (χ3n) is 4.04. The molecule has 0 radical (unpaired) electrons. The Labute approximate surface area is 152 Å². The molecule has 0 aliphatic heterocycles. The number of aliphatic hydroxyl groups is 3. The molecule has 0 aliphatic rings. The second kappa shape index (κ2) is 7.83. The minimum atomic E-state index is -5.00. The second-order valence-corrected chi connectivity index (χ2v) is 5.76. The lowest BCUT2D eigenvalue weighted by Crippen LogP contribution is -2.67. The summed E-state index contributed by atoms with van der Waals surface area (Å²) in [5, 5.41) is 29.3. The van der Waals surface area contributed by atoms with Gasteiger partial charge in [-0.15, -0.1) is 0 Å². The number of benzene rings is 2. The first kappa shape index (κ1) is 20.5. The van der Waals surface area contributed by atoms with Crippen molar-refractivity contribution < 1.29 is 38.5 Å². The van der Waals surface area contributed by atoms with Crippen molar-refractivity contribution in [2.24, 2.45) is 0 Å². The SMILES string of the molecule is O=C(C(=O)C(F)(F)[C@@](O)(C(=O)c1ccccc1)[C@H](O)CO)c1ccccc1. The van der Waals surface area contributed by atoms with Gasteiger partial charge in [-0.2, -0.15) is 8.78 Å². The van der Waals surface area contributed by atoms with Crippen LogP contribution in [-0.4, -0.2) is 56.9 Å². The Morgan fingerprint density at radius 2 is 1.33 bits per heavy atom. The van der Waals surface area contributed by atoms with Crippen LogP contribution in [0.3, 0.4) is 0 Å². The summed E-state index contributed by atoms with van der Waals surface area (Å²) >= 11 is 0. The van der Waals surface area contributed by atoms with Gasteiger partial charge in [0.25, 0.3) is 5.78 Å². The Hall–Kier alpha value is -2.81. The lowest BCUT2D eigenvalue weighted by atomic mass is 9.79. The topological polar surface area (TPSA) is 112 Å². The van der Waals surface area contributed by atoms with Crippen LogP contribution in [0.2, 0.25) is 0 Å². The molecule has 0 fully saturated rings. The molecule has 0 spiro atoms. The Morgan fingerprint density at radius 3 is 1.78 bits per heavy atom. The monoisotopic (exact) mass is 378 g/mol. The van der Waals surface area contributed by atoms with Crippen LogP contribution in [0.25, 0.3) is 0 Å². The van der Waals surface area contributed by atoms with Gasteiger partial charge in [-0.05, 0) is 0 Å². The highest BCUT2D eigenvalue weighted by atomic mass is 19.3. The molecule has 0 heterocycles. The van der Waals surface area contributed by atoms with Crippen LogP contribution in [0.1, 0.15) is 20.7 Å². The van der Waals surface area contributed by atoms with Gasteiger partial charge in [0.15, 0.2) is 0 Å². The normalized spacial score (nSPS) is 14.9. The predicted octanol–water partition coefficient (Wildman–Crippen LogP) is 1.04. The Bertz CT molecular complexity index is 838. The van der Waals surface area contributed by atoms with Crippen molar-refractivity contribution in [1.29, 1.82) is 0 Å². The zero-order valence-electron chi connectivity index (χ0n) is 13.9. The molecule has 0 saturated carbocycles. The van der Waals surface area contributed by atoms with Gasteiger partial charge in [-0.1, -0.05) is 60.7 Å². The molecule has 0 bridgehead atoms. The van der Waals surface area contributed by atoms with E-state index in [-0.39, 0.29) is 5.56 Å². The highest BCUT2D eigenvalue weighted by Crippen LogP contribution is 2.36. The fraction of sp³-hybridized carbons (Fsp3) is 0.211. The molecular formula is C19H16F2O6. The number of rotatable bonds is 8. The Balaban J connectivity index is 2.52. The molecule has 0 aliphatic carbocycles. The van der Waals surface area contributed by atoms with Crippen LogP contribution < -0.4 is 0 Å². The van der Waals surface area contributed by atoms with Crippen LogP contribution in [-0.2, 0) is 4.79 Å². The molecule has 2 atom stereocenters. The number of hydrogen-bond donors (Lipinski definition) is 3. The van der Waals surface area contributed by atoms with Gasteiger partial charge in [0.2, 0.25) is 17.2 Å². The lowest BCUT2D eigenvalue weighted by Gasteiger charge is -2.36. The summed E-state index contributed by atoms with van der Waals surface area (Å²) in [5.74, 6) is -10.7. The van der Waals surface area contributed by atoms with E-state index >= 15 is 0 Å². The molecule has 27 heavy (non-hydrogen) atoms. The maximum Gasteiger partial charge on any atom is 0.351 e. The number of halogens is 2. The van der Waals surface area contributed by atoms with Crippen LogP contribution in [0.15, 0.2) is 60.7 Å². The van der Waals surface area contributed by atoms with Crippen molar-refractivity contribution in [3.05, 3.63) is 71.8 Å². The summed E-state index contributed by atoms with van der Waals surface area (Å²) in [6.07, 6.45) is -2.72. The van der Waals surface area contributed by atoms with E-state index in [2.05, 4.69) is 0 Å². The lowest BCUT2D eigenvalue weighted by molar-refractivity contribution is -0.201. The van der Waals surface area contributed by atoms with Crippen molar-refractivity contribution in [1.82, 2.24) is 0 Å². The third-order valence-corrected chi connectivity index (χ3v) is 4.04. The standard InChI is InChI=1S/C19H16F2O6/c20-19(21,17(26)15(24)12-7-3-1-4-8-12)18(27,14(23)11-22)16(25)13-9-5-2-6-10-13/h1-10,14,22-23,27H,11H2/t14-,18+/m1/s1. The fourth-order valence-corrected chi connectivity index (χ4v) is 2.48. The summed E-state index contributed by atoms with van der Waals surface area (Å²) in [6.45, 7) is -1.45. The van der Waals surface area contributed by atoms with Crippen molar-refractivity contribution in [3.8, 4) is 0 Å². The van der Waals surface area contributed by atoms with Crippen molar-refractivity contribution in [3.63, 3.8) is 0 Å².